The topological polar surface area (TPSA) is 59.0 Å². The van der Waals surface area contributed by atoms with E-state index in [1.807, 2.05) is 30.3 Å². The predicted octanol–water partition coefficient (Wildman–Crippen LogP) is 3.78. The first kappa shape index (κ1) is 19.7. The highest BCUT2D eigenvalue weighted by molar-refractivity contribution is 5.69. The maximum absolute atomic E-state index is 13.1. The quantitative estimate of drug-likeness (QED) is 0.838. The summed E-state index contributed by atoms with van der Waals surface area (Å²) in [5.74, 6) is -1.51. The van der Waals surface area contributed by atoms with Crippen molar-refractivity contribution in [2.75, 3.05) is 13.2 Å². The maximum Gasteiger partial charge on any atom is 0.410 e. The largest absolute Gasteiger partial charge is 0.445 e. The fourth-order valence-electron chi connectivity index (χ4n) is 3.81. The molecule has 2 aliphatic rings. The van der Waals surface area contributed by atoms with E-state index in [9.17, 15) is 23.1 Å². The molecule has 1 aromatic carbocycles. The van der Waals surface area contributed by atoms with E-state index in [1.165, 1.54) is 0 Å². The second-order valence-electron chi connectivity index (χ2n) is 7.09. The molecule has 0 aliphatic carbocycles. The van der Waals surface area contributed by atoms with Gasteiger partial charge in [-0.05, 0) is 24.8 Å². The minimum Gasteiger partial charge on any atom is -0.445 e. The van der Waals surface area contributed by atoms with Gasteiger partial charge in [0.25, 0.3) is 0 Å². The third-order valence-electron chi connectivity index (χ3n) is 5.07. The van der Waals surface area contributed by atoms with E-state index in [0.717, 1.165) is 5.56 Å². The molecule has 0 saturated carbocycles. The number of hydrogen-bond acceptors (Lipinski definition) is 4. The van der Waals surface area contributed by atoms with Gasteiger partial charge < -0.3 is 14.6 Å². The molecule has 3 rings (SSSR count). The standard InChI is InChI=1S/C19H22F3NO4/c20-16(17(21)22)6-7-19(25)8-14-11-26-12-15(9-19)23(14)18(24)27-10-13-4-2-1-3-5-13/h1-5,14-15,25H,6-12H2. The Balaban J connectivity index is 1.62. The molecule has 2 saturated heterocycles. The Bertz CT molecular complexity index is 679. The Labute approximate surface area is 155 Å². The van der Waals surface area contributed by atoms with Crippen molar-refractivity contribution in [3.05, 3.63) is 47.8 Å². The normalized spacial score (nSPS) is 27.2. The van der Waals surface area contributed by atoms with Gasteiger partial charge in [0.2, 0.25) is 0 Å². The van der Waals surface area contributed by atoms with Gasteiger partial charge >= 0.3 is 12.2 Å². The first-order valence-corrected chi connectivity index (χ1v) is 8.87. The number of carbonyl (C=O) groups excluding carboxylic acids is 1. The second-order valence-corrected chi connectivity index (χ2v) is 7.09. The number of aliphatic hydroxyl groups is 1. The third kappa shape index (κ3) is 4.81. The van der Waals surface area contributed by atoms with Gasteiger partial charge in [-0.3, -0.25) is 4.90 Å². The molecule has 8 heteroatoms. The van der Waals surface area contributed by atoms with E-state index in [-0.39, 0.29) is 39.1 Å². The van der Waals surface area contributed by atoms with Crippen LogP contribution in [0.25, 0.3) is 0 Å². The summed E-state index contributed by atoms with van der Waals surface area (Å²) >= 11 is 0. The Morgan fingerprint density at radius 2 is 1.81 bits per heavy atom. The van der Waals surface area contributed by atoms with Crippen LogP contribution in [0.4, 0.5) is 18.0 Å². The summed E-state index contributed by atoms with van der Waals surface area (Å²) in [4.78, 5) is 14.1. The number of benzene rings is 1. The van der Waals surface area contributed by atoms with Gasteiger partial charge in [-0.25, -0.2) is 9.18 Å². The van der Waals surface area contributed by atoms with Crippen LogP contribution in [0.2, 0.25) is 0 Å². The van der Waals surface area contributed by atoms with Crippen molar-refractivity contribution >= 4 is 6.09 Å². The Kier molecular flexibility index (Phi) is 6.06. The van der Waals surface area contributed by atoms with Crippen molar-refractivity contribution in [1.82, 2.24) is 4.90 Å². The zero-order chi connectivity index (χ0) is 19.4. The van der Waals surface area contributed by atoms with Gasteiger partial charge in [-0.1, -0.05) is 30.3 Å². The molecular formula is C19H22F3NO4. The van der Waals surface area contributed by atoms with Crippen LogP contribution < -0.4 is 0 Å². The van der Waals surface area contributed by atoms with Gasteiger partial charge in [-0.2, -0.15) is 8.78 Å². The predicted molar refractivity (Wildman–Crippen MR) is 90.6 cm³/mol. The first-order chi connectivity index (χ1) is 12.9. The zero-order valence-electron chi connectivity index (χ0n) is 14.7. The molecule has 5 nitrogen and oxygen atoms in total. The summed E-state index contributed by atoms with van der Waals surface area (Å²) in [5, 5.41) is 10.7. The number of fused-ring (bicyclic) bond motifs is 2. The molecule has 2 aliphatic heterocycles. The fraction of sp³-hybridized carbons (Fsp3) is 0.526. The average Bonchev–Trinajstić information content (AvgIpc) is 2.64. The highest BCUT2D eigenvalue weighted by Gasteiger charge is 2.48. The van der Waals surface area contributed by atoms with Crippen LogP contribution in [0.15, 0.2) is 42.2 Å². The number of nitrogens with zero attached hydrogens (tertiary/aromatic N) is 1. The number of rotatable bonds is 5. The minimum absolute atomic E-state index is 0.129. The lowest BCUT2D eigenvalue weighted by molar-refractivity contribution is -0.135. The monoisotopic (exact) mass is 385 g/mol. The Hall–Kier alpha value is -2.06. The number of allylic oxidation sites excluding steroid dienone is 1. The smallest absolute Gasteiger partial charge is 0.410 e. The summed E-state index contributed by atoms with van der Waals surface area (Å²) in [5.41, 5.74) is -0.460. The van der Waals surface area contributed by atoms with Crippen LogP contribution in [-0.2, 0) is 16.1 Å². The van der Waals surface area contributed by atoms with Crippen molar-refractivity contribution in [2.24, 2.45) is 0 Å². The summed E-state index contributed by atoms with van der Waals surface area (Å²) in [6.07, 6.45) is -3.26. The number of halogens is 3. The second kappa shape index (κ2) is 8.31. The molecule has 1 amide bonds. The summed E-state index contributed by atoms with van der Waals surface area (Å²) in [6.45, 7) is 0.566. The molecular weight excluding hydrogens is 363 g/mol. The zero-order valence-corrected chi connectivity index (χ0v) is 14.7. The molecule has 2 unspecified atom stereocenters. The average molecular weight is 385 g/mol. The first-order valence-electron chi connectivity index (χ1n) is 8.87. The number of amides is 1. The minimum atomic E-state index is -2.36. The summed E-state index contributed by atoms with van der Waals surface area (Å²) in [7, 11) is 0. The third-order valence-corrected chi connectivity index (χ3v) is 5.07. The molecule has 2 bridgehead atoms. The number of hydrogen-bond donors (Lipinski definition) is 1. The molecule has 27 heavy (non-hydrogen) atoms. The van der Waals surface area contributed by atoms with Crippen molar-refractivity contribution in [2.45, 2.75) is 50.0 Å². The molecule has 0 radical (unpaired) electrons. The van der Waals surface area contributed by atoms with Crippen molar-refractivity contribution < 1.29 is 32.5 Å². The molecule has 0 aromatic heterocycles. The molecule has 2 fully saturated rings. The van der Waals surface area contributed by atoms with Gasteiger partial charge in [0.15, 0.2) is 5.83 Å². The van der Waals surface area contributed by atoms with E-state index in [4.69, 9.17) is 9.47 Å². The van der Waals surface area contributed by atoms with E-state index in [1.54, 1.807) is 4.90 Å². The molecule has 0 spiro atoms. The van der Waals surface area contributed by atoms with Crippen LogP contribution in [0.5, 0.6) is 0 Å². The number of morpholine rings is 1. The highest BCUT2D eigenvalue weighted by atomic mass is 19.3. The van der Waals surface area contributed by atoms with Crippen LogP contribution in [0.3, 0.4) is 0 Å². The molecule has 1 N–H and O–H groups in total. The van der Waals surface area contributed by atoms with Gasteiger partial charge in [0.05, 0.1) is 30.9 Å². The Morgan fingerprint density at radius 1 is 1.19 bits per heavy atom. The van der Waals surface area contributed by atoms with Crippen LogP contribution >= 0.6 is 0 Å². The van der Waals surface area contributed by atoms with Crippen molar-refractivity contribution in [1.29, 1.82) is 0 Å². The SMILES string of the molecule is O=C(OCc1ccccc1)N1C2COCC1CC(O)(CCC(F)=C(F)F)C2. The molecule has 2 atom stereocenters. The lowest BCUT2D eigenvalue weighted by Crippen LogP contribution is -2.63. The van der Waals surface area contributed by atoms with Gasteiger partial charge in [0.1, 0.15) is 6.61 Å². The van der Waals surface area contributed by atoms with E-state index < -0.39 is 42.1 Å². The van der Waals surface area contributed by atoms with E-state index in [0.29, 0.717) is 0 Å². The van der Waals surface area contributed by atoms with Crippen molar-refractivity contribution in [3.8, 4) is 0 Å². The summed E-state index contributed by atoms with van der Waals surface area (Å²) < 4.78 is 48.5. The summed E-state index contributed by atoms with van der Waals surface area (Å²) in [6, 6.07) is 8.38. The van der Waals surface area contributed by atoms with E-state index in [2.05, 4.69) is 0 Å². The highest BCUT2D eigenvalue weighted by Crippen LogP contribution is 2.38. The van der Waals surface area contributed by atoms with Crippen molar-refractivity contribution in [3.63, 3.8) is 0 Å². The van der Waals surface area contributed by atoms with E-state index >= 15 is 0 Å². The lowest BCUT2D eigenvalue weighted by Gasteiger charge is -2.50. The van der Waals surface area contributed by atoms with Gasteiger partial charge in [-0.15, -0.1) is 0 Å². The molecule has 2 heterocycles. The van der Waals surface area contributed by atoms with Crippen LogP contribution in [0.1, 0.15) is 31.2 Å². The molecule has 1 aromatic rings. The Morgan fingerprint density at radius 3 is 2.41 bits per heavy atom. The number of piperidine rings is 1. The number of ether oxygens (including phenoxy) is 2. The fourth-order valence-corrected chi connectivity index (χ4v) is 3.81. The number of carbonyl (C=O) groups is 1. The lowest BCUT2D eigenvalue weighted by atomic mass is 9.78. The van der Waals surface area contributed by atoms with Crippen LogP contribution in [0, 0.1) is 0 Å². The molecule has 148 valence electrons. The maximum atomic E-state index is 13.1. The van der Waals surface area contributed by atoms with Gasteiger partial charge in [0, 0.05) is 6.42 Å². The van der Waals surface area contributed by atoms with Crippen LogP contribution in [-0.4, -0.2) is 47.0 Å².